The third-order valence-corrected chi connectivity index (χ3v) is 3.99. The molecule has 2 rings (SSSR count). The van der Waals surface area contributed by atoms with Crippen LogP contribution in [0.25, 0.3) is 0 Å². The van der Waals surface area contributed by atoms with Crippen LogP contribution in [0.3, 0.4) is 0 Å². The molecule has 1 aliphatic rings. The van der Waals surface area contributed by atoms with E-state index in [0.717, 1.165) is 0 Å². The number of rotatable bonds is 3. The zero-order valence-electron chi connectivity index (χ0n) is 13.9. The Morgan fingerprint density at radius 1 is 0.895 bits per heavy atom. The molecule has 0 spiro atoms. The molecule has 0 bridgehead atoms. The predicted molar refractivity (Wildman–Crippen MR) is 86.1 cm³/mol. The van der Waals surface area contributed by atoms with Crippen molar-refractivity contribution in [2.45, 2.75) is 65.7 Å². The summed E-state index contributed by atoms with van der Waals surface area (Å²) in [6, 6.07) is 0. The van der Waals surface area contributed by atoms with Crippen LogP contribution in [0.2, 0.25) is 0 Å². The van der Waals surface area contributed by atoms with Gasteiger partial charge in [0.2, 0.25) is 0 Å². The molecule has 0 heterocycles. The fourth-order valence-corrected chi connectivity index (χ4v) is 3.40. The monoisotopic (exact) mass is 296 g/mol. The number of fused-ring (bicyclic) bond motifs is 1. The molecule has 108 valence electrons. The molecule has 0 saturated heterocycles. The Morgan fingerprint density at radius 3 is 1.95 bits per heavy atom. The van der Waals surface area contributed by atoms with E-state index in [-0.39, 0.29) is 44.0 Å². The minimum absolute atomic E-state index is 0. The van der Waals surface area contributed by atoms with Gasteiger partial charge in [-0.15, -0.1) is 0 Å². The minimum Gasteiger partial charge on any atom is -0.358 e. The molecule has 0 unspecified atom stereocenters. The Morgan fingerprint density at radius 2 is 1.47 bits per heavy atom. The molecule has 1 aromatic rings. The van der Waals surface area contributed by atoms with Crippen LogP contribution in [0.15, 0.2) is 0 Å². The molecule has 1 aliphatic carbocycles. The summed E-state index contributed by atoms with van der Waals surface area (Å²) in [5.41, 5.74) is 8.62. The second kappa shape index (κ2) is 10.8. The van der Waals surface area contributed by atoms with Gasteiger partial charge in [0, 0.05) is 0 Å². The molecular weight excluding hydrogens is 264 g/mol. The van der Waals surface area contributed by atoms with Gasteiger partial charge in [0.25, 0.3) is 0 Å². The first-order valence-corrected chi connectivity index (χ1v) is 6.64. The Bertz CT molecular complexity index is 273. The summed E-state index contributed by atoms with van der Waals surface area (Å²) in [4.78, 5) is 0. The van der Waals surface area contributed by atoms with E-state index in [1.54, 1.807) is 27.8 Å². The van der Waals surface area contributed by atoms with E-state index in [1.807, 2.05) is 0 Å². The van der Waals surface area contributed by atoms with Crippen molar-refractivity contribution in [2.24, 2.45) is 0 Å². The average molecular weight is 296 g/mol. The van der Waals surface area contributed by atoms with Crippen LogP contribution in [0, 0.1) is 22.3 Å². The van der Waals surface area contributed by atoms with E-state index in [1.165, 1.54) is 44.9 Å². The van der Waals surface area contributed by atoms with Crippen molar-refractivity contribution in [3.05, 3.63) is 50.1 Å². The molecule has 1 heteroatoms. The Kier molecular flexibility index (Phi) is 13.7. The van der Waals surface area contributed by atoms with E-state index < -0.39 is 0 Å². The Balaban J connectivity index is -0.000000640. The smallest absolute Gasteiger partial charge is 0.358 e. The Hall–Kier alpha value is 0.0643. The van der Waals surface area contributed by atoms with Gasteiger partial charge in [-0.3, -0.25) is 0 Å². The quantitative estimate of drug-likeness (QED) is 0.523. The molecule has 0 aromatic heterocycles. The summed E-state index contributed by atoms with van der Waals surface area (Å²) >= 11 is 0. The van der Waals surface area contributed by atoms with E-state index >= 15 is 0 Å². The fraction of sp³-hybridized carbons (Fsp3) is 0.556. The molecule has 0 saturated carbocycles. The summed E-state index contributed by atoms with van der Waals surface area (Å²) in [6.45, 7) is 6.96. The second-order valence-electron chi connectivity index (χ2n) is 4.66. The molecular formula is C18H32Ti. The van der Waals surface area contributed by atoms with Crippen LogP contribution >= 0.6 is 0 Å². The maximum Gasteiger partial charge on any atom is 4.00 e. The van der Waals surface area contributed by atoms with Gasteiger partial charge in [0.05, 0.1) is 0 Å². The zero-order chi connectivity index (χ0) is 10.8. The average Bonchev–Trinajstić information content (AvgIpc) is 2.61. The van der Waals surface area contributed by atoms with Crippen LogP contribution in [0.4, 0.5) is 0 Å². The normalized spacial score (nSPS) is 12.2. The third-order valence-electron chi connectivity index (χ3n) is 3.99. The topological polar surface area (TPSA) is 0 Å². The van der Waals surface area contributed by atoms with Gasteiger partial charge < -0.3 is 22.3 Å². The molecule has 0 N–H and O–H groups in total. The van der Waals surface area contributed by atoms with E-state index in [9.17, 15) is 0 Å². The summed E-state index contributed by atoms with van der Waals surface area (Å²) in [5, 5.41) is 0. The van der Waals surface area contributed by atoms with Gasteiger partial charge in [0.1, 0.15) is 0 Å². The fourth-order valence-electron chi connectivity index (χ4n) is 3.40. The first-order chi connectivity index (χ1) is 7.33. The van der Waals surface area contributed by atoms with Gasteiger partial charge in [0.15, 0.2) is 0 Å². The standard InChI is InChI=1S/C15H23.3CH3.Ti/c1-4-11-12(5-2)14-9-7-8-10-15(14)13(11)6-3;;;;/h4-10H2,1-3H3;3*1H3;/q4*-1;+4. The van der Waals surface area contributed by atoms with Crippen molar-refractivity contribution in [1.82, 2.24) is 0 Å². The molecule has 19 heavy (non-hydrogen) atoms. The van der Waals surface area contributed by atoms with Crippen LogP contribution in [0.1, 0.15) is 61.4 Å². The summed E-state index contributed by atoms with van der Waals surface area (Å²) in [7, 11) is 0. The van der Waals surface area contributed by atoms with Crippen molar-refractivity contribution < 1.29 is 21.7 Å². The van der Waals surface area contributed by atoms with E-state index in [4.69, 9.17) is 0 Å². The summed E-state index contributed by atoms with van der Waals surface area (Å²) in [6.07, 6.45) is 9.25. The number of hydrogen-bond acceptors (Lipinski definition) is 0. The van der Waals surface area contributed by atoms with Crippen molar-refractivity contribution >= 4 is 0 Å². The largest absolute Gasteiger partial charge is 4.00 e. The van der Waals surface area contributed by atoms with Crippen LogP contribution in [-0.4, -0.2) is 0 Å². The van der Waals surface area contributed by atoms with Crippen LogP contribution < -0.4 is 0 Å². The third kappa shape index (κ3) is 4.26. The van der Waals surface area contributed by atoms with E-state index in [0.29, 0.717) is 0 Å². The zero-order valence-corrected chi connectivity index (χ0v) is 15.5. The van der Waals surface area contributed by atoms with Gasteiger partial charge in [-0.2, -0.15) is 27.8 Å². The van der Waals surface area contributed by atoms with Gasteiger partial charge in [-0.25, -0.2) is 0 Å². The minimum atomic E-state index is 0. The van der Waals surface area contributed by atoms with Crippen molar-refractivity contribution in [1.29, 1.82) is 0 Å². The molecule has 0 atom stereocenters. The molecule has 0 amide bonds. The molecule has 0 radical (unpaired) electrons. The maximum atomic E-state index is 2.32. The second-order valence-corrected chi connectivity index (χ2v) is 4.66. The van der Waals surface area contributed by atoms with Crippen molar-refractivity contribution in [3.8, 4) is 0 Å². The molecule has 0 nitrogen and oxygen atoms in total. The Labute approximate surface area is 137 Å². The first-order valence-electron chi connectivity index (χ1n) is 6.64. The molecule has 1 aromatic carbocycles. The maximum absolute atomic E-state index is 2.32. The molecule has 0 fully saturated rings. The first kappa shape index (κ1) is 24.1. The summed E-state index contributed by atoms with van der Waals surface area (Å²) < 4.78 is 0. The van der Waals surface area contributed by atoms with Gasteiger partial charge >= 0.3 is 21.7 Å². The SMILES string of the molecule is CCc1c2c([c-](CC)c1CC)CCCC2.[CH3-].[CH3-].[CH3-].[Ti+4]. The predicted octanol–water partition coefficient (Wildman–Crippen LogP) is 5.32. The van der Waals surface area contributed by atoms with Crippen LogP contribution in [-0.2, 0) is 53.8 Å². The number of hydrogen-bond donors (Lipinski definition) is 0. The van der Waals surface area contributed by atoms with E-state index in [2.05, 4.69) is 20.8 Å². The van der Waals surface area contributed by atoms with Crippen molar-refractivity contribution in [2.75, 3.05) is 0 Å². The van der Waals surface area contributed by atoms with Gasteiger partial charge in [-0.05, 0) is 0 Å². The van der Waals surface area contributed by atoms with Gasteiger partial charge in [-0.1, -0.05) is 65.7 Å². The van der Waals surface area contributed by atoms with Crippen LogP contribution in [0.5, 0.6) is 0 Å². The summed E-state index contributed by atoms with van der Waals surface area (Å²) in [5.74, 6) is 0. The van der Waals surface area contributed by atoms with Crippen molar-refractivity contribution in [3.63, 3.8) is 0 Å². The molecule has 0 aliphatic heterocycles.